The molecule has 6 atom stereocenters. The second kappa shape index (κ2) is 22.9. The number of hydrogen-bond acceptors (Lipinski definition) is 12. The summed E-state index contributed by atoms with van der Waals surface area (Å²) in [6.07, 6.45) is 8.36. The number of rotatable bonds is 19. The first kappa shape index (κ1) is 51.9. The fourth-order valence-corrected chi connectivity index (χ4v) is 11.2. The number of anilines is 1. The first-order chi connectivity index (χ1) is 34.0. The van der Waals surface area contributed by atoms with E-state index in [9.17, 15) is 37.1 Å². The van der Waals surface area contributed by atoms with Crippen LogP contribution in [-0.4, -0.2) is 148 Å². The van der Waals surface area contributed by atoms with Crippen LogP contribution >= 0.6 is 0 Å². The monoisotopic (exact) mass is 991 g/mol. The standard InChI is InChI=1S/C51H69F3N10O7/c1-30(2)62(3)35-10-16-43(64-20-17-41(50(64)69)60-47-38-25-33(51(52,53)54)9-15-40(38)57-29-58-47)42(26-35)61-48(67)32-23-34(24-32)59-44(65)8-6-21-70-36-11-13-37(14-12-36)71-22-19-56-49(68)39-27-45(66)63(4)46(39)31-7-5-18-55-28-31/h5,7,9,15,18,25,28-30,32,34-37,39,41-43,46H,6,8,10-14,16-17,19-24,26-27H2,1-4H3,(H,56,68)(H,59,65)(H,61,67)(H,57,58,60)/t32?,34?,35-,36?,37?,39+,41+,42-,43+,46-/m1/s1. The zero-order valence-corrected chi connectivity index (χ0v) is 41.2. The van der Waals surface area contributed by atoms with Crippen molar-refractivity contribution in [2.75, 3.05) is 45.7 Å². The van der Waals surface area contributed by atoms with Crippen molar-refractivity contribution in [1.82, 2.24) is 45.6 Å². The van der Waals surface area contributed by atoms with Crippen LogP contribution in [0.25, 0.3) is 10.9 Å². The molecule has 0 spiro atoms. The molecule has 4 heterocycles. The molecule has 3 saturated carbocycles. The Labute approximate surface area is 413 Å². The van der Waals surface area contributed by atoms with Crippen LogP contribution in [0.2, 0.25) is 0 Å². The summed E-state index contributed by atoms with van der Waals surface area (Å²) < 4.78 is 53.0. The molecule has 0 radical (unpaired) electrons. The second-order valence-corrected chi connectivity index (χ2v) is 20.4. The second-order valence-electron chi connectivity index (χ2n) is 20.4. The van der Waals surface area contributed by atoms with Crippen molar-refractivity contribution in [2.45, 2.75) is 158 Å². The molecule has 2 saturated heterocycles. The van der Waals surface area contributed by atoms with Gasteiger partial charge in [-0.25, -0.2) is 9.97 Å². The van der Waals surface area contributed by atoms with Crippen LogP contribution < -0.4 is 21.3 Å². The number of halogens is 3. The van der Waals surface area contributed by atoms with Crippen LogP contribution in [0, 0.1) is 11.8 Å². The molecule has 0 bridgehead atoms. The third kappa shape index (κ3) is 12.6. The number of fused-ring (bicyclic) bond motifs is 1. The van der Waals surface area contributed by atoms with E-state index in [1.807, 2.05) is 11.0 Å². The van der Waals surface area contributed by atoms with Gasteiger partial charge in [0, 0.05) is 81.4 Å². The van der Waals surface area contributed by atoms with Crippen molar-refractivity contribution in [3.05, 3.63) is 60.2 Å². The van der Waals surface area contributed by atoms with Gasteiger partial charge in [0.05, 0.1) is 53.9 Å². The van der Waals surface area contributed by atoms with Gasteiger partial charge in [-0.05, 0) is 121 Å². The predicted octanol–water partition coefficient (Wildman–Crippen LogP) is 5.16. The average molecular weight is 991 g/mol. The highest BCUT2D eigenvalue weighted by Gasteiger charge is 2.46. The Bertz CT molecular complexity index is 2350. The Morgan fingerprint density at radius 1 is 0.915 bits per heavy atom. The van der Waals surface area contributed by atoms with Gasteiger partial charge < -0.3 is 45.4 Å². The smallest absolute Gasteiger partial charge is 0.378 e. The number of aromatic nitrogens is 3. The van der Waals surface area contributed by atoms with E-state index in [-0.39, 0.29) is 102 Å². The van der Waals surface area contributed by atoms with E-state index in [4.69, 9.17) is 9.47 Å². The third-order valence-electron chi connectivity index (χ3n) is 15.5. The number of pyridine rings is 1. The maximum absolute atomic E-state index is 14.0. The molecule has 3 aliphatic carbocycles. The average Bonchev–Trinajstić information content (AvgIpc) is 3.86. The van der Waals surface area contributed by atoms with Crippen LogP contribution in [0.4, 0.5) is 19.0 Å². The molecule has 5 fully saturated rings. The number of hydrogen-bond donors (Lipinski definition) is 4. The van der Waals surface area contributed by atoms with Gasteiger partial charge in [-0.2, -0.15) is 13.2 Å². The summed E-state index contributed by atoms with van der Waals surface area (Å²) in [5.74, 6) is -1.16. The number of carbonyl (C=O) groups is 5. The van der Waals surface area contributed by atoms with E-state index in [2.05, 4.69) is 62.0 Å². The summed E-state index contributed by atoms with van der Waals surface area (Å²) in [6.45, 7) is 5.89. The summed E-state index contributed by atoms with van der Waals surface area (Å²) in [7, 11) is 3.80. The van der Waals surface area contributed by atoms with Gasteiger partial charge in [-0.15, -0.1) is 0 Å². The van der Waals surface area contributed by atoms with Crippen molar-refractivity contribution in [1.29, 1.82) is 0 Å². The first-order valence-electron chi connectivity index (χ1n) is 25.4. The number of carbonyl (C=O) groups excluding carboxylic acids is 5. The molecular formula is C51H69F3N10O7. The predicted molar refractivity (Wildman–Crippen MR) is 257 cm³/mol. The van der Waals surface area contributed by atoms with Gasteiger partial charge in [0.25, 0.3) is 0 Å². The van der Waals surface area contributed by atoms with Crippen LogP contribution in [0.3, 0.4) is 0 Å². The van der Waals surface area contributed by atoms with Crippen LogP contribution in [-0.2, 0) is 39.6 Å². The Balaban J connectivity index is 0.723. The van der Waals surface area contributed by atoms with Gasteiger partial charge in [0.15, 0.2) is 0 Å². The minimum atomic E-state index is -4.55. The molecule has 8 rings (SSSR count). The molecule has 3 aromatic rings. The third-order valence-corrected chi connectivity index (χ3v) is 15.5. The molecule has 2 aromatic heterocycles. The highest BCUT2D eigenvalue weighted by atomic mass is 19.4. The topological polar surface area (TPSA) is 200 Å². The zero-order chi connectivity index (χ0) is 50.4. The van der Waals surface area contributed by atoms with Crippen molar-refractivity contribution < 1.29 is 46.6 Å². The number of benzene rings is 1. The number of alkyl halides is 3. The van der Waals surface area contributed by atoms with Crippen molar-refractivity contribution in [2.24, 2.45) is 11.8 Å². The lowest BCUT2D eigenvalue weighted by Gasteiger charge is -2.45. The SMILES string of the molecule is CC(C)N(C)[C@@H]1CC[C@H](N2CC[C@H](Nc3ncnc4ccc(C(F)(F)F)cc34)C2=O)[C@H](NC(=O)C2CC(NC(=O)CCCOC3CCC(OCCNC(=O)[C@H]4CC(=O)N(C)[C@@H]4c4cccnc4)CC3)C2)C1. The van der Waals surface area contributed by atoms with Crippen molar-refractivity contribution in [3.63, 3.8) is 0 Å². The van der Waals surface area contributed by atoms with E-state index in [0.29, 0.717) is 76.8 Å². The molecule has 386 valence electrons. The molecular weight excluding hydrogens is 922 g/mol. The molecule has 2 aliphatic heterocycles. The Kier molecular flexibility index (Phi) is 16.8. The van der Waals surface area contributed by atoms with E-state index >= 15 is 0 Å². The number of amides is 5. The van der Waals surface area contributed by atoms with Gasteiger partial charge in [0.2, 0.25) is 29.5 Å². The van der Waals surface area contributed by atoms with Crippen molar-refractivity contribution >= 4 is 46.3 Å². The first-order valence-corrected chi connectivity index (χ1v) is 25.4. The van der Waals surface area contributed by atoms with Gasteiger partial charge in [0.1, 0.15) is 18.2 Å². The molecule has 5 aliphatic rings. The van der Waals surface area contributed by atoms with Crippen LogP contribution in [0.5, 0.6) is 0 Å². The highest BCUT2D eigenvalue weighted by Crippen LogP contribution is 2.38. The maximum Gasteiger partial charge on any atom is 0.416 e. The van der Waals surface area contributed by atoms with Crippen LogP contribution in [0.1, 0.15) is 114 Å². The Hall–Kier alpha value is -5.47. The lowest BCUT2D eigenvalue weighted by atomic mass is 9.78. The molecule has 5 amide bonds. The molecule has 20 heteroatoms. The Morgan fingerprint density at radius 2 is 1.66 bits per heavy atom. The Morgan fingerprint density at radius 3 is 2.37 bits per heavy atom. The van der Waals surface area contributed by atoms with E-state index in [0.717, 1.165) is 49.8 Å². The minimum absolute atomic E-state index is 0.0679. The van der Waals surface area contributed by atoms with E-state index < -0.39 is 23.7 Å². The van der Waals surface area contributed by atoms with Crippen molar-refractivity contribution in [3.8, 4) is 0 Å². The quantitative estimate of drug-likeness (QED) is 0.115. The fourth-order valence-electron chi connectivity index (χ4n) is 11.2. The zero-order valence-electron chi connectivity index (χ0n) is 41.2. The van der Waals surface area contributed by atoms with Gasteiger partial charge in [-0.1, -0.05) is 6.07 Å². The molecule has 0 unspecified atom stereocenters. The van der Waals surface area contributed by atoms with E-state index in [1.165, 1.54) is 12.4 Å². The summed E-state index contributed by atoms with van der Waals surface area (Å²) in [6, 6.07) is 5.74. The number of nitrogens with zero attached hydrogens (tertiary/aromatic N) is 6. The summed E-state index contributed by atoms with van der Waals surface area (Å²) >= 11 is 0. The molecule has 17 nitrogen and oxygen atoms in total. The molecule has 71 heavy (non-hydrogen) atoms. The number of likely N-dealkylation sites (tertiary alicyclic amines) is 2. The minimum Gasteiger partial charge on any atom is -0.378 e. The number of ether oxygens (including phenoxy) is 2. The lowest BCUT2D eigenvalue weighted by molar-refractivity contribution is -0.137. The fraction of sp³-hybridized carbons (Fsp3) is 0.647. The highest BCUT2D eigenvalue weighted by molar-refractivity contribution is 5.93. The van der Waals surface area contributed by atoms with Gasteiger partial charge >= 0.3 is 6.18 Å². The largest absolute Gasteiger partial charge is 0.416 e. The van der Waals surface area contributed by atoms with Crippen LogP contribution in [0.15, 0.2) is 49.1 Å². The number of nitrogens with one attached hydrogen (secondary N) is 4. The summed E-state index contributed by atoms with van der Waals surface area (Å²) in [5, 5.41) is 12.7. The molecule has 1 aromatic carbocycles. The maximum atomic E-state index is 14.0. The summed E-state index contributed by atoms with van der Waals surface area (Å²) in [4.78, 5) is 84.5. The normalized spacial score (nSPS) is 28.1. The molecule has 4 N–H and O–H groups in total. The lowest BCUT2D eigenvalue weighted by Crippen LogP contribution is -2.60. The summed E-state index contributed by atoms with van der Waals surface area (Å²) in [5.41, 5.74) is 0.342. The van der Waals surface area contributed by atoms with Gasteiger partial charge in [-0.3, -0.25) is 29.0 Å². The van der Waals surface area contributed by atoms with E-state index in [1.54, 1.807) is 30.4 Å².